The van der Waals surface area contributed by atoms with E-state index in [0.717, 1.165) is 24.7 Å². The highest BCUT2D eigenvalue weighted by atomic mass is 35.5. The molecule has 16 heavy (non-hydrogen) atoms. The molecule has 0 amide bonds. The molecule has 1 unspecified atom stereocenters. The molecule has 1 aromatic rings. The maximum atomic E-state index is 4.53. The van der Waals surface area contributed by atoms with E-state index in [4.69, 9.17) is 0 Å². The van der Waals surface area contributed by atoms with Crippen molar-refractivity contribution < 1.29 is 0 Å². The van der Waals surface area contributed by atoms with Crippen LogP contribution in [0.1, 0.15) is 18.0 Å². The first kappa shape index (κ1) is 15.4. The van der Waals surface area contributed by atoms with E-state index in [2.05, 4.69) is 15.3 Å². The van der Waals surface area contributed by atoms with Crippen molar-refractivity contribution >= 4 is 30.8 Å². The second-order valence-corrected chi connectivity index (χ2v) is 3.87. The van der Waals surface area contributed by atoms with Crippen LogP contribution in [-0.2, 0) is 0 Å². The molecule has 0 aromatic carbocycles. The summed E-state index contributed by atoms with van der Waals surface area (Å²) in [4.78, 5) is 10.7. The molecule has 1 saturated heterocycles. The molecule has 2 rings (SSSR count). The van der Waals surface area contributed by atoms with Crippen LogP contribution < -0.4 is 10.2 Å². The van der Waals surface area contributed by atoms with Crippen LogP contribution in [0.25, 0.3) is 0 Å². The SMILES string of the molecule is CN(C)c1nccc(C2CCNC2)n1.Cl.Cl. The van der Waals surface area contributed by atoms with Crippen molar-refractivity contribution in [3.63, 3.8) is 0 Å². The molecule has 0 aliphatic carbocycles. The summed E-state index contributed by atoms with van der Waals surface area (Å²) < 4.78 is 0. The number of halogens is 2. The minimum Gasteiger partial charge on any atom is -0.347 e. The first-order chi connectivity index (χ1) is 6.77. The number of aromatic nitrogens is 2. The van der Waals surface area contributed by atoms with E-state index >= 15 is 0 Å². The average molecular weight is 265 g/mol. The largest absolute Gasteiger partial charge is 0.347 e. The summed E-state index contributed by atoms with van der Waals surface area (Å²) in [5.41, 5.74) is 1.16. The quantitative estimate of drug-likeness (QED) is 0.879. The fraction of sp³-hybridized carbons (Fsp3) is 0.600. The van der Waals surface area contributed by atoms with Crippen molar-refractivity contribution in [3.8, 4) is 0 Å². The first-order valence-electron chi connectivity index (χ1n) is 4.98. The van der Waals surface area contributed by atoms with Crippen LogP contribution in [0.2, 0.25) is 0 Å². The van der Waals surface area contributed by atoms with E-state index in [1.54, 1.807) is 0 Å². The summed E-state index contributed by atoms with van der Waals surface area (Å²) >= 11 is 0. The highest BCUT2D eigenvalue weighted by Crippen LogP contribution is 2.20. The zero-order valence-electron chi connectivity index (χ0n) is 9.51. The lowest BCUT2D eigenvalue weighted by Gasteiger charge is -2.13. The fourth-order valence-corrected chi connectivity index (χ4v) is 1.71. The number of nitrogens with zero attached hydrogens (tertiary/aromatic N) is 3. The Labute approximate surface area is 109 Å². The minimum absolute atomic E-state index is 0. The third kappa shape index (κ3) is 3.47. The lowest BCUT2D eigenvalue weighted by atomic mass is 10.1. The van der Waals surface area contributed by atoms with Gasteiger partial charge in [-0.25, -0.2) is 9.97 Å². The highest BCUT2D eigenvalue weighted by molar-refractivity contribution is 5.85. The van der Waals surface area contributed by atoms with Crippen LogP contribution in [0, 0.1) is 0 Å². The molecule has 1 aliphatic heterocycles. The molecule has 0 radical (unpaired) electrons. The van der Waals surface area contributed by atoms with Gasteiger partial charge in [0.2, 0.25) is 5.95 Å². The number of hydrogen-bond donors (Lipinski definition) is 1. The minimum atomic E-state index is 0. The monoisotopic (exact) mass is 264 g/mol. The number of hydrogen-bond acceptors (Lipinski definition) is 4. The Balaban J connectivity index is 0.00000112. The van der Waals surface area contributed by atoms with Gasteiger partial charge in [-0.15, -0.1) is 24.8 Å². The molecule has 2 heterocycles. The van der Waals surface area contributed by atoms with E-state index < -0.39 is 0 Å². The Kier molecular flexibility index (Phi) is 6.64. The van der Waals surface area contributed by atoms with Gasteiger partial charge in [-0.2, -0.15) is 0 Å². The van der Waals surface area contributed by atoms with E-state index in [0.29, 0.717) is 5.92 Å². The van der Waals surface area contributed by atoms with Gasteiger partial charge in [0.25, 0.3) is 0 Å². The number of nitrogens with one attached hydrogen (secondary N) is 1. The van der Waals surface area contributed by atoms with Gasteiger partial charge in [-0.3, -0.25) is 0 Å². The third-order valence-electron chi connectivity index (χ3n) is 2.54. The van der Waals surface area contributed by atoms with Crippen LogP contribution in [0.15, 0.2) is 12.3 Å². The Hall–Kier alpha value is -0.580. The maximum absolute atomic E-state index is 4.53. The lowest BCUT2D eigenvalue weighted by molar-refractivity contribution is 0.728. The normalized spacial score (nSPS) is 18.5. The summed E-state index contributed by atoms with van der Waals surface area (Å²) in [6, 6.07) is 2.02. The van der Waals surface area contributed by atoms with Crippen LogP contribution in [0.3, 0.4) is 0 Å². The average Bonchev–Trinajstić information content (AvgIpc) is 2.71. The van der Waals surface area contributed by atoms with Crippen molar-refractivity contribution in [1.29, 1.82) is 0 Å². The molecule has 0 saturated carbocycles. The van der Waals surface area contributed by atoms with Crippen molar-refractivity contribution in [1.82, 2.24) is 15.3 Å². The topological polar surface area (TPSA) is 41.1 Å². The molecule has 4 nitrogen and oxygen atoms in total. The van der Waals surface area contributed by atoms with Gasteiger partial charge in [0.05, 0.1) is 5.69 Å². The van der Waals surface area contributed by atoms with Gasteiger partial charge in [0.15, 0.2) is 0 Å². The standard InChI is InChI=1S/C10H16N4.2ClH/c1-14(2)10-12-6-4-9(13-10)8-3-5-11-7-8;;/h4,6,8,11H,3,5,7H2,1-2H3;2*1H. The molecule has 0 bridgehead atoms. The summed E-state index contributed by atoms with van der Waals surface area (Å²) in [6.45, 7) is 2.15. The zero-order chi connectivity index (χ0) is 9.97. The lowest BCUT2D eigenvalue weighted by Crippen LogP contribution is -2.15. The predicted molar refractivity (Wildman–Crippen MR) is 71.1 cm³/mol. The first-order valence-corrected chi connectivity index (χ1v) is 4.98. The maximum Gasteiger partial charge on any atom is 0.224 e. The molecule has 1 N–H and O–H groups in total. The van der Waals surface area contributed by atoms with Gasteiger partial charge in [0, 0.05) is 32.8 Å². The van der Waals surface area contributed by atoms with Gasteiger partial charge < -0.3 is 10.2 Å². The zero-order valence-corrected chi connectivity index (χ0v) is 11.1. The van der Waals surface area contributed by atoms with E-state index in [9.17, 15) is 0 Å². The van der Waals surface area contributed by atoms with Crippen molar-refractivity contribution in [2.24, 2.45) is 0 Å². The van der Waals surface area contributed by atoms with Crippen LogP contribution in [-0.4, -0.2) is 37.2 Å². The van der Waals surface area contributed by atoms with Gasteiger partial charge >= 0.3 is 0 Å². The Morgan fingerprint density at radius 2 is 2.12 bits per heavy atom. The predicted octanol–water partition coefficient (Wildman–Crippen LogP) is 1.46. The summed E-state index contributed by atoms with van der Waals surface area (Å²) in [7, 11) is 3.93. The second-order valence-electron chi connectivity index (χ2n) is 3.87. The third-order valence-corrected chi connectivity index (χ3v) is 2.54. The molecule has 1 aliphatic rings. The van der Waals surface area contributed by atoms with E-state index in [1.165, 1.54) is 6.42 Å². The molecular weight excluding hydrogens is 247 g/mol. The van der Waals surface area contributed by atoms with Gasteiger partial charge in [-0.05, 0) is 19.0 Å². The molecule has 92 valence electrons. The van der Waals surface area contributed by atoms with Gasteiger partial charge in [-0.1, -0.05) is 0 Å². The smallest absolute Gasteiger partial charge is 0.224 e. The van der Waals surface area contributed by atoms with Crippen LogP contribution >= 0.6 is 24.8 Å². The number of anilines is 1. The Bertz CT molecular complexity index is 313. The van der Waals surface area contributed by atoms with Crippen molar-refractivity contribution in [2.45, 2.75) is 12.3 Å². The summed E-state index contributed by atoms with van der Waals surface area (Å²) in [6.07, 6.45) is 3.03. The Morgan fingerprint density at radius 3 is 2.69 bits per heavy atom. The van der Waals surface area contributed by atoms with Crippen molar-refractivity contribution in [2.75, 3.05) is 32.1 Å². The van der Waals surface area contributed by atoms with Crippen LogP contribution in [0.5, 0.6) is 0 Å². The number of rotatable bonds is 2. The highest BCUT2D eigenvalue weighted by Gasteiger charge is 2.18. The van der Waals surface area contributed by atoms with E-state index in [1.807, 2.05) is 31.3 Å². The molecule has 1 fully saturated rings. The molecule has 1 atom stereocenters. The summed E-state index contributed by atoms with van der Waals surface area (Å²) in [5.74, 6) is 1.37. The Morgan fingerprint density at radius 1 is 1.38 bits per heavy atom. The second kappa shape index (κ2) is 6.89. The van der Waals surface area contributed by atoms with Crippen molar-refractivity contribution in [3.05, 3.63) is 18.0 Å². The summed E-state index contributed by atoms with van der Waals surface area (Å²) in [5, 5.41) is 3.35. The fourth-order valence-electron chi connectivity index (χ4n) is 1.71. The molecule has 0 spiro atoms. The molecule has 1 aromatic heterocycles. The molecular formula is C10H18Cl2N4. The van der Waals surface area contributed by atoms with Crippen LogP contribution in [0.4, 0.5) is 5.95 Å². The molecule has 6 heteroatoms. The van der Waals surface area contributed by atoms with Gasteiger partial charge in [0.1, 0.15) is 0 Å². The van der Waals surface area contributed by atoms with E-state index in [-0.39, 0.29) is 24.8 Å².